The molecular formula is C14H17ClN2S. The maximum atomic E-state index is 6.17. The third-order valence-corrected chi connectivity index (χ3v) is 5.56. The quantitative estimate of drug-likeness (QED) is 0.870. The van der Waals surface area contributed by atoms with Gasteiger partial charge < -0.3 is 5.32 Å². The minimum Gasteiger partial charge on any atom is -0.361 e. The largest absolute Gasteiger partial charge is 0.361 e. The van der Waals surface area contributed by atoms with Gasteiger partial charge in [0.25, 0.3) is 0 Å². The fraction of sp³-hybridized carbons (Fsp3) is 0.500. The van der Waals surface area contributed by atoms with Gasteiger partial charge in [0.15, 0.2) is 5.13 Å². The molecule has 0 atom stereocenters. The van der Waals surface area contributed by atoms with Gasteiger partial charge in [-0.2, -0.15) is 0 Å². The van der Waals surface area contributed by atoms with Gasteiger partial charge >= 0.3 is 0 Å². The minimum atomic E-state index is 0.502. The molecule has 2 aromatic rings. The summed E-state index contributed by atoms with van der Waals surface area (Å²) in [4.78, 5) is 4.59. The fourth-order valence-corrected chi connectivity index (χ4v) is 3.51. The Morgan fingerprint density at radius 3 is 2.83 bits per heavy atom. The Morgan fingerprint density at radius 1 is 1.44 bits per heavy atom. The van der Waals surface area contributed by atoms with E-state index in [2.05, 4.69) is 24.1 Å². The van der Waals surface area contributed by atoms with Crippen LogP contribution in [-0.4, -0.2) is 11.5 Å². The highest BCUT2D eigenvalue weighted by atomic mass is 35.5. The summed E-state index contributed by atoms with van der Waals surface area (Å²) in [6.07, 6.45) is 2.67. The third kappa shape index (κ3) is 2.10. The number of fused-ring (bicyclic) bond motifs is 1. The molecule has 1 aromatic heterocycles. The molecular weight excluding hydrogens is 264 g/mol. The lowest BCUT2D eigenvalue weighted by Crippen LogP contribution is -2.20. The number of anilines is 1. The van der Waals surface area contributed by atoms with Gasteiger partial charge in [-0.25, -0.2) is 4.98 Å². The van der Waals surface area contributed by atoms with Crippen LogP contribution < -0.4 is 5.32 Å². The van der Waals surface area contributed by atoms with Gasteiger partial charge in [0, 0.05) is 6.54 Å². The maximum absolute atomic E-state index is 6.17. The van der Waals surface area contributed by atoms with Crippen LogP contribution in [-0.2, 0) is 0 Å². The molecule has 1 aromatic carbocycles. The summed E-state index contributed by atoms with van der Waals surface area (Å²) >= 11 is 7.82. The van der Waals surface area contributed by atoms with E-state index in [0.717, 1.165) is 32.8 Å². The average Bonchev–Trinajstić information content (AvgIpc) is 3.01. The van der Waals surface area contributed by atoms with E-state index in [4.69, 9.17) is 11.6 Å². The van der Waals surface area contributed by atoms with Crippen LogP contribution in [0.5, 0.6) is 0 Å². The van der Waals surface area contributed by atoms with Gasteiger partial charge in [0.2, 0.25) is 0 Å². The molecule has 0 bridgehead atoms. The predicted octanol–water partition coefficient (Wildman–Crippen LogP) is 4.80. The molecule has 1 N–H and O–H groups in total. The van der Waals surface area contributed by atoms with Crippen molar-refractivity contribution in [1.82, 2.24) is 4.98 Å². The first kappa shape index (κ1) is 12.2. The highest BCUT2D eigenvalue weighted by Gasteiger charge is 2.45. The van der Waals surface area contributed by atoms with Crippen LogP contribution in [0.2, 0.25) is 5.02 Å². The van der Waals surface area contributed by atoms with E-state index in [-0.39, 0.29) is 0 Å². The Kier molecular flexibility index (Phi) is 2.99. The van der Waals surface area contributed by atoms with Crippen molar-refractivity contribution in [2.75, 3.05) is 11.9 Å². The standard InChI is InChI=1S/C14H17ClN2S/c1-9(2)14(6-7-14)8-16-13-17-11-5-3-4-10(15)12(11)18-13/h3-5,9H,6-8H2,1-2H3,(H,16,17). The molecule has 1 aliphatic carbocycles. The second kappa shape index (κ2) is 4.39. The number of nitrogens with one attached hydrogen (secondary N) is 1. The van der Waals surface area contributed by atoms with Gasteiger partial charge in [-0.15, -0.1) is 0 Å². The first-order valence-corrected chi connectivity index (χ1v) is 7.59. The zero-order valence-corrected chi connectivity index (χ0v) is 12.2. The van der Waals surface area contributed by atoms with Gasteiger partial charge in [-0.05, 0) is 36.3 Å². The van der Waals surface area contributed by atoms with E-state index < -0.39 is 0 Å². The molecule has 1 fully saturated rings. The van der Waals surface area contributed by atoms with E-state index in [1.807, 2.05) is 18.2 Å². The number of rotatable bonds is 4. The SMILES string of the molecule is CC(C)C1(CNc2nc3cccc(Cl)c3s2)CC1. The molecule has 0 radical (unpaired) electrons. The first-order valence-electron chi connectivity index (χ1n) is 6.40. The molecule has 0 unspecified atom stereocenters. The van der Waals surface area contributed by atoms with Crippen LogP contribution in [0.1, 0.15) is 26.7 Å². The molecule has 96 valence electrons. The van der Waals surface area contributed by atoms with Crippen LogP contribution in [0.4, 0.5) is 5.13 Å². The topological polar surface area (TPSA) is 24.9 Å². The molecule has 0 saturated heterocycles. The fourth-order valence-electron chi connectivity index (χ4n) is 2.36. The van der Waals surface area contributed by atoms with E-state index in [0.29, 0.717) is 5.41 Å². The van der Waals surface area contributed by atoms with E-state index in [9.17, 15) is 0 Å². The van der Waals surface area contributed by atoms with Crippen molar-refractivity contribution in [3.63, 3.8) is 0 Å². The molecule has 1 heterocycles. The molecule has 0 aliphatic heterocycles. The average molecular weight is 281 g/mol. The normalized spacial score (nSPS) is 17.3. The molecule has 1 saturated carbocycles. The third-order valence-electron chi connectivity index (χ3n) is 4.08. The number of aromatic nitrogens is 1. The molecule has 3 rings (SSSR count). The minimum absolute atomic E-state index is 0.502. The Hall–Kier alpha value is -0.800. The highest BCUT2D eigenvalue weighted by molar-refractivity contribution is 7.22. The van der Waals surface area contributed by atoms with Gasteiger partial charge in [0.1, 0.15) is 0 Å². The zero-order chi connectivity index (χ0) is 12.8. The van der Waals surface area contributed by atoms with Crippen molar-refractivity contribution in [2.24, 2.45) is 11.3 Å². The number of hydrogen-bond acceptors (Lipinski definition) is 3. The van der Waals surface area contributed by atoms with Gasteiger partial charge in [-0.3, -0.25) is 0 Å². The predicted molar refractivity (Wildman–Crippen MR) is 79.6 cm³/mol. The number of hydrogen-bond donors (Lipinski definition) is 1. The van der Waals surface area contributed by atoms with Crippen molar-refractivity contribution >= 4 is 38.3 Å². The summed E-state index contributed by atoms with van der Waals surface area (Å²) in [5, 5.41) is 5.28. The van der Waals surface area contributed by atoms with Crippen molar-refractivity contribution in [1.29, 1.82) is 0 Å². The number of halogens is 1. The summed E-state index contributed by atoms with van der Waals surface area (Å²) < 4.78 is 1.08. The van der Waals surface area contributed by atoms with Crippen LogP contribution in [0.3, 0.4) is 0 Å². The lowest BCUT2D eigenvalue weighted by atomic mass is 9.92. The Balaban J connectivity index is 1.78. The van der Waals surface area contributed by atoms with Gasteiger partial charge in [0.05, 0.1) is 15.2 Å². The summed E-state index contributed by atoms with van der Waals surface area (Å²) in [6.45, 7) is 5.65. The molecule has 0 amide bonds. The molecule has 0 spiro atoms. The summed E-state index contributed by atoms with van der Waals surface area (Å²) in [5.74, 6) is 0.739. The van der Waals surface area contributed by atoms with E-state index >= 15 is 0 Å². The van der Waals surface area contributed by atoms with Gasteiger partial charge in [-0.1, -0.05) is 42.9 Å². The number of thiazole rings is 1. The zero-order valence-electron chi connectivity index (χ0n) is 10.7. The van der Waals surface area contributed by atoms with Crippen LogP contribution in [0.15, 0.2) is 18.2 Å². The van der Waals surface area contributed by atoms with Crippen molar-refractivity contribution in [3.05, 3.63) is 23.2 Å². The lowest BCUT2D eigenvalue weighted by Gasteiger charge is -2.19. The van der Waals surface area contributed by atoms with Crippen LogP contribution in [0, 0.1) is 11.3 Å². The molecule has 18 heavy (non-hydrogen) atoms. The highest BCUT2D eigenvalue weighted by Crippen LogP contribution is 2.51. The second-order valence-corrected chi connectivity index (χ2v) is 6.88. The molecule has 2 nitrogen and oxygen atoms in total. The Bertz CT molecular complexity index is 572. The second-order valence-electron chi connectivity index (χ2n) is 5.48. The summed E-state index contributed by atoms with van der Waals surface area (Å²) in [7, 11) is 0. The molecule has 1 aliphatic rings. The Morgan fingerprint density at radius 2 is 2.22 bits per heavy atom. The maximum Gasteiger partial charge on any atom is 0.183 e. The lowest BCUT2D eigenvalue weighted by molar-refractivity contribution is 0.380. The first-order chi connectivity index (χ1) is 8.61. The summed E-state index contributed by atoms with van der Waals surface area (Å²) in [5.41, 5.74) is 1.49. The van der Waals surface area contributed by atoms with E-state index in [1.54, 1.807) is 11.3 Å². The van der Waals surface area contributed by atoms with Crippen molar-refractivity contribution in [3.8, 4) is 0 Å². The van der Waals surface area contributed by atoms with Crippen LogP contribution >= 0.6 is 22.9 Å². The number of benzene rings is 1. The Labute approximate surface area is 116 Å². The number of nitrogens with zero attached hydrogens (tertiary/aromatic N) is 1. The smallest absolute Gasteiger partial charge is 0.183 e. The monoisotopic (exact) mass is 280 g/mol. The van der Waals surface area contributed by atoms with Crippen LogP contribution in [0.25, 0.3) is 10.2 Å². The van der Waals surface area contributed by atoms with Crippen molar-refractivity contribution in [2.45, 2.75) is 26.7 Å². The van der Waals surface area contributed by atoms with Crippen molar-refractivity contribution < 1.29 is 0 Å². The molecule has 4 heteroatoms. The summed E-state index contributed by atoms with van der Waals surface area (Å²) in [6, 6.07) is 5.88. The van der Waals surface area contributed by atoms with E-state index in [1.165, 1.54) is 12.8 Å².